The van der Waals surface area contributed by atoms with E-state index in [9.17, 15) is 4.39 Å². The van der Waals surface area contributed by atoms with Crippen LogP contribution < -0.4 is 11.5 Å². The Bertz CT molecular complexity index is 845. The Kier molecular flexibility index (Phi) is 3.35. The second-order valence-electron chi connectivity index (χ2n) is 4.60. The third kappa shape index (κ3) is 2.37. The van der Waals surface area contributed by atoms with E-state index in [2.05, 4.69) is 4.98 Å². The van der Waals surface area contributed by atoms with Gasteiger partial charge in [0.2, 0.25) is 0 Å². The van der Waals surface area contributed by atoms with Crippen molar-refractivity contribution < 1.29 is 4.39 Å². The summed E-state index contributed by atoms with van der Waals surface area (Å²) < 4.78 is 14.3. The standard InChI is InChI=1S/C15H10Cl2FN3/c16-8-3-7(4-9(17)5-8)13-11(18)2-1-10-14(20)12(19)6-21-15(10)13/h1-6H,19H2,(H2,20,21). The van der Waals surface area contributed by atoms with Crippen LogP contribution in [-0.4, -0.2) is 4.98 Å². The number of pyridine rings is 1. The van der Waals surface area contributed by atoms with Crippen LogP contribution in [0.15, 0.2) is 36.5 Å². The van der Waals surface area contributed by atoms with Gasteiger partial charge in [-0.15, -0.1) is 0 Å². The fraction of sp³-hybridized carbons (Fsp3) is 0. The highest BCUT2D eigenvalue weighted by atomic mass is 35.5. The van der Waals surface area contributed by atoms with Crippen molar-refractivity contribution in [3.8, 4) is 11.1 Å². The molecule has 4 N–H and O–H groups in total. The lowest BCUT2D eigenvalue weighted by Crippen LogP contribution is -1.99. The van der Waals surface area contributed by atoms with Crippen molar-refractivity contribution in [2.24, 2.45) is 0 Å². The second-order valence-corrected chi connectivity index (χ2v) is 5.48. The van der Waals surface area contributed by atoms with Gasteiger partial charge in [0.1, 0.15) is 5.82 Å². The monoisotopic (exact) mass is 321 g/mol. The van der Waals surface area contributed by atoms with Crippen LogP contribution >= 0.6 is 23.2 Å². The van der Waals surface area contributed by atoms with Crippen LogP contribution in [0, 0.1) is 5.82 Å². The Labute approximate surface area is 130 Å². The molecule has 106 valence electrons. The molecule has 0 spiro atoms. The molecular weight excluding hydrogens is 312 g/mol. The van der Waals surface area contributed by atoms with Gasteiger partial charge in [0.15, 0.2) is 0 Å². The highest BCUT2D eigenvalue weighted by molar-refractivity contribution is 6.35. The normalized spacial score (nSPS) is 11.0. The average molecular weight is 322 g/mol. The number of fused-ring (bicyclic) bond motifs is 1. The van der Waals surface area contributed by atoms with Crippen molar-refractivity contribution in [3.05, 3.63) is 52.4 Å². The third-order valence-electron chi connectivity index (χ3n) is 3.21. The maximum absolute atomic E-state index is 14.3. The summed E-state index contributed by atoms with van der Waals surface area (Å²) in [6, 6.07) is 7.71. The Hall–Kier alpha value is -2.04. The Balaban J connectivity index is 2.41. The van der Waals surface area contributed by atoms with Gasteiger partial charge in [-0.3, -0.25) is 4.98 Å². The third-order valence-corrected chi connectivity index (χ3v) is 3.65. The number of rotatable bonds is 1. The molecule has 0 unspecified atom stereocenters. The fourth-order valence-corrected chi connectivity index (χ4v) is 2.78. The highest BCUT2D eigenvalue weighted by Crippen LogP contribution is 2.36. The first-order valence-corrected chi connectivity index (χ1v) is 6.81. The number of halogens is 3. The summed E-state index contributed by atoms with van der Waals surface area (Å²) in [4.78, 5) is 4.21. The predicted octanol–water partition coefficient (Wildman–Crippen LogP) is 4.51. The quantitative estimate of drug-likeness (QED) is 0.693. The Morgan fingerprint density at radius 3 is 2.33 bits per heavy atom. The summed E-state index contributed by atoms with van der Waals surface area (Å²) >= 11 is 12.0. The summed E-state index contributed by atoms with van der Waals surface area (Å²) in [5, 5.41) is 1.41. The van der Waals surface area contributed by atoms with E-state index in [4.69, 9.17) is 34.7 Å². The Morgan fingerprint density at radius 2 is 1.67 bits per heavy atom. The first-order valence-electron chi connectivity index (χ1n) is 6.06. The molecule has 0 saturated carbocycles. The van der Waals surface area contributed by atoms with Crippen molar-refractivity contribution >= 4 is 45.5 Å². The van der Waals surface area contributed by atoms with Crippen LogP contribution in [0.5, 0.6) is 0 Å². The molecule has 1 heterocycles. The minimum atomic E-state index is -0.433. The number of aromatic nitrogens is 1. The van der Waals surface area contributed by atoms with Crippen LogP contribution in [0.4, 0.5) is 15.8 Å². The zero-order valence-corrected chi connectivity index (χ0v) is 12.2. The molecule has 0 amide bonds. The van der Waals surface area contributed by atoms with Crippen LogP contribution in [0.2, 0.25) is 10.0 Å². The summed E-state index contributed by atoms with van der Waals surface area (Å²) in [7, 11) is 0. The zero-order valence-electron chi connectivity index (χ0n) is 10.7. The smallest absolute Gasteiger partial charge is 0.133 e. The van der Waals surface area contributed by atoms with Crippen LogP contribution in [0.25, 0.3) is 22.0 Å². The number of benzene rings is 2. The SMILES string of the molecule is Nc1cnc2c(-c3cc(Cl)cc(Cl)c3)c(F)ccc2c1N. The number of anilines is 2. The van der Waals surface area contributed by atoms with E-state index in [1.807, 2.05) is 0 Å². The van der Waals surface area contributed by atoms with Gasteiger partial charge in [0.25, 0.3) is 0 Å². The van der Waals surface area contributed by atoms with Crippen molar-refractivity contribution in [1.82, 2.24) is 4.98 Å². The average Bonchev–Trinajstić information content (AvgIpc) is 2.41. The summed E-state index contributed by atoms with van der Waals surface area (Å²) in [5.74, 6) is -0.433. The van der Waals surface area contributed by atoms with Crippen molar-refractivity contribution in [3.63, 3.8) is 0 Å². The largest absolute Gasteiger partial charge is 0.396 e. The topological polar surface area (TPSA) is 64.9 Å². The number of nitrogen functional groups attached to an aromatic ring is 2. The van der Waals surface area contributed by atoms with Gasteiger partial charge in [-0.2, -0.15) is 0 Å². The van der Waals surface area contributed by atoms with E-state index in [1.54, 1.807) is 24.3 Å². The molecule has 0 aliphatic carbocycles. The van der Waals surface area contributed by atoms with E-state index in [0.717, 1.165) is 0 Å². The van der Waals surface area contributed by atoms with E-state index < -0.39 is 5.82 Å². The fourth-order valence-electron chi connectivity index (χ4n) is 2.25. The van der Waals surface area contributed by atoms with Gasteiger partial charge in [0.05, 0.1) is 23.1 Å². The van der Waals surface area contributed by atoms with E-state index in [0.29, 0.717) is 43.4 Å². The number of nitrogens with zero attached hydrogens (tertiary/aromatic N) is 1. The lowest BCUT2D eigenvalue weighted by atomic mass is 10.0. The molecule has 2 aromatic carbocycles. The molecular formula is C15H10Cl2FN3. The number of hydrogen-bond acceptors (Lipinski definition) is 3. The van der Waals surface area contributed by atoms with E-state index in [1.165, 1.54) is 12.3 Å². The summed E-state index contributed by atoms with van der Waals surface area (Å²) in [6.07, 6.45) is 1.41. The lowest BCUT2D eigenvalue weighted by molar-refractivity contribution is 0.632. The molecule has 0 fully saturated rings. The predicted molar refractivity (Wildman–Crippen MR) is 86.0 cm³/mol. The second kappa shape index (κ2) is 5.06. The van der Waals surface area contributed by atoms with Crippen molar-refractivity contribution in [2.75, 3.05) is 11.5 Å². The first kappa shape index (κ1) is 13.9. The first-order chi connectivity index (χ1) is 9.97. The molecule has 3 aromatic rings. The number of nitrogens with two attached hydrogens (primary N) is 2. The van der Waals surface area contributed by atoms with Crippen LogP contribution in [0.3, 0.4) is 0 Å². The van der Waals surface area contributed by atoms with E-state index in [-0.39, 0.29) is 0 Å². The van der Waals surface area contributed by atoms with Gasteiger partial charge in [-0.1, -0.05) is 23.2 Å². The molecule has 3 nitrogen and oxygen atoms in total. The molecule has 0 atom stereocenters. The molecule has 0 bridgehead atoms. The maximum Gasteiger partial charge on any atom is 0.133 e. The molecule has 1 aromatic heterocycles. The molecule has 0 aliphatic heterocycles. The molecule has 0 radical (unpaired) electrons. The van der Waals surface area contributed by atoms with Gasteiger partial charge in [0, 0.05) is 21.0 Å². The van der Waals surface area contributed by atoms with Crippen LogP contribution in [0.1, 0.15) is 0 Å². The van der Waals surface area contributed by atoms with Crippen molar-refractivity contribution in [2.45, 2.75) is 0 Å². The van der Waals surface area contributed by atoms with E-state index >= 15 is 0 Å². The maximum atomic E-state index is 14.3. The molecule has 3 rings (SSSR count). The molecule has 0 aliphatic rings. The van der Waals surface area contributed by atoms with Crippen molar-refractivity contribution in [1.29, 1.82) is 0 Å². The number of hydrogen-bond donors (Lipinski definition) is 2. The summed E-state index contributed by atoms with van der Waals surface area (Å²) in [5.41, 5.74) is 13.6. The highest BCUT2D eigenvalue weighted by Gasteiger charge is 2.15. The zero-order chi connectivity index (χ0) is 15.1. The molecule has 0 saturated heterocycles. The van der Waals surface area contributed by atoms with Gasteiger partial charge in [-0.25, -0.2) is 4.39 Å². The minimum Gasteiger partial charge on any atom is -0.396 e. The van der Waals surface area contributed by atoms with Gasteiger partial charge >= 0.3 is 0 Å². The van der Waals surface area contributed by atoms with Crippen LogP contribution in [-0.2, 0) is 0 Å². The molecule has 21 heavy (non-hydrogen) atoms. The minimum absolute atomic E-state index is 0.295. The van der Waals surface area contributed by atoms with Gasteiger partial charge < -0.3 is 11.5 Å². The Morgan fingerprint density at radius 1 is 1.00 bits per heavy atom. The summed E-state index contributed by atoms with van der Waals surface area (Å²) in [6.45, 7) is 0. The lowest BCUT2D eigenvalue weighted by Gasteiger charge is -2.11. The molecule has 6 heteroatoms. The van der Waals surface area contributed by atoms with Gasteiger partial charge in [-0.05, 0) is 35.9 Å².